The molecular formula is C24H31N3O3. The molecule has 0 aliphatic carbocycles. The number of carbonyl (C=O) groups is 1. The van der Waals surface area contributed by atoms with Crippen LogP contribution in [0.2, 0.25) is 0 Å². The number of nitrogens with one attached hydrogen (secondary N) is 1. The van der Waals surface area contributed by atoms with Gasteiger partial charge in [-0.15, -0.1) is 13.2 Å². The number of benzene rings is 2. The first kappa shape index (κ1) is 23.2. The van der Waals surface area contributed by atoms with Crippen LogP contribution < -0.4 is 16.8 Å². The second kappa shape index (κ2) is 11.2. The average Bonchev–Trinajstić information content (AvgIpc) is 2.72. The molecule has 1 atom stereocenters. The number of phenolic OH excluding ortho intramolecular Hbond substituents is 2. The largest absolute Gasteiger partial charge is 0.508 e. The highest BCUT2D eigenvalue weighted by Gasteiger charge is 2.18. The molecule has 30 heavy (non-hydrogen) atoms. The summed E-state index contributed by atoms with van der Waals surface area (Å²) in [6.45, 7) is 8.03. The number of phenols is 2. The van der Waals surface area contributed by atoms with Gasteiger partial charge in [0.05, 0.1) is 11.7 Å². The summed E-state index contributed by atoms with van der Waals surface area (Å²) in [5.41, 5.74) is 14.6. The first-order valence-electron chi connectivity index (χ1n) is 10.1. The van der Waals surface area contributed by atoms with E-state index in [-0.39, 0.29) is 17.4 Å². The van der Waals surface area contributed by atoms with Crippen molar-refractivity contribution in [1.29, 1.82) is 0 Å². The van der Waals surface area contributed by atoms with Crippen LogP contribution in [0.15, 0.2) is 55.6 Å². The normalized spacial score (nSPS) is 11.7. The Morgan fingerprint density at radius 2 is 1.83 bits per heavy atom. The van der Waals surface area contributed by atoms with Crippen LogP contribution >= 0.6 is 0 Å². The predicted octanol–water partition coefficient (Wildman–Crippen LogP) is 3.62. The number of hydrogen-bond donors (Lipinski definition) is 5. The molecule has 6 nitrogen and oxygen atoms in total. The van der Waals surface area contributed by atoms with Crippen molar-refractivity contribution in [2.45, 2.75) is 38.1 Å². The van der Waals surface area contributed by atoms with Crippen LogP contribution in [0.4, 0.5) is 5.69 Å². The van der Waals surface area contributed by atoms with Gasteiger partial charge in [0.25, 0.3) is 0 Å². The molecule has 0 aromatic heterocycles. The number of aromatic hydroxyl groups is 2. The SMILES string of the molecule is C=CCc1cc(NC(=O)[C@H](N)CCCCN)c(O)c(-c2ccc(O)c(CC=C)c2)c1. The highest BCUT2D eigenvalue weighted by molar-refractivity contribution is 5.97. The Morgan fingerprint density at radius 1 is 1.10 bits per heavy atom. The topological polar surface area (TPSA) is 122 Å². The number of unbranched alkanes of at least 4 members (excludes halogenated alkanes) is 1. The van der Waals surface area contributed by atoms with Crippen LogP contribution in [0.1, 0.15) is 30.4 Å². The lowest BCUT2D eigenvalue weighted by Gasteiger charge is -2.17. The molecule has 0 bridgehead atoms. The Bertz CT molecular complexity index is 909. The second-order valence-corrected chi connectivity index (χ2v) is 7.25. The molecule has 0 aliphatic heterocycles. The minimum Gasteiger partial charge on any atom is -0.508 e. The van der Waals surface area contributed by atoms with E-state index in [1.54, 1.807) is 36.4 Å². The van der Waals surface area contributed by atoms with Gasteiger partial charge in [-0.25, -0.2) is 0 Å². The number of carbonyl (C=O) groups excluding carboxylic acids is 1. The summed E-state index contributed by atoms with van der Waals surface area (Å²) in [6.07, 6.45) is 6.60. The van der Waals surface area contributed by atoms with Crippen molar-refractivity contribution >= 4 is 11.6 Å². The fraction of sp³-hybridized carbons (Fsp3) is 0.292. The number of rotatable bonds is 11. The first-order valence-corrected chi connectivity index (χ1v) is 10.1. The molecule has 160 valence electrons. The second-order valence-electron chi connectivity index (χ2n) is 7.25. The monoisotopic (exact) mass is 409 g/mol. The summed E-state index contributed by atoms with van der Waals surface area (Å²) in [6, 6.07) is 7.98. The van der Waals surface area contributed by atoms with Gasteiger partial charge < -0.3 is 27.0 Å². The third-order valence-corrected chi connectivity index (χ3v) is 4.87. The summed E-state index contributed by atoms with van der Waals surface area (Å²) in [7, 11) is 0. The minimum atomic E-state index is -0.685. The lowest BCUT2D eigenvalue weighted by Crippen LogP contribution is -2.35. The molecule has 0 unspecified atom stereocenters. The van der Waals surface area contributed by atoms with Gasteiger partial charge >= 0.3 is 0 Å². The van der Waals surface area contributed by atoms with E-state index >= 15 is 0 Å². The molecule has 1 amide bonds. The molecule has 0 aliphatic rings. The zero-order chi connectivity index (χ0) is 22.1. The van der Waals surface area contributed by atoms with Crippen molar-refractivity contribution in [3.8, 4) is 22.6 Å². The maximum Gasteiger partial charge on any atom is 0.241 e. The van der Waals surface area contributed by atoms with Gasteiger partial charge in [-0.2, -0.15) is 0 Å². The maximum absolute atomic E-state index is 12.5. The van der Waals surface area contributed by atoms with Crippen molar-refractivity contribution in [2.24, 2.45) is 11.5 Å². The molecule has 2 rings (SSSR count). The maximum atomic E-state index is 12.5. The first-order chi connectivity index (χ1) is 14.4. The van der Waals surface area contributed by atoms with Crippen LogP contribution in [0, 0.1) is 0 Å². The molecule has 0 saturated carbocycles. The number of nitrogens with two attached hydrogens (primary N) is 2. The van der Waals surface area contributed by atoms with Crippen molar-refractivity contribution in [3.05, 3.63) is 66.8 Å². The van der Waals surface area contributed by atoms with Crippen LogP contribution in [0.5, 0.6) is 11.5 Å². The zero-order valence-corrected chi connectivity index (χ0v) is 17.2. The average molecular weight is 410 g/mol. The summed E-state index contributed by atoms with van der Waals surface area (Å²) in [5, 5.41) is 23.7. The molecule has 0 saturated heterocycles. The van der Waals surface area contributed by atoms with Crippen LogP contribution in [-0.4, -0.2) is 28.7 Å². The Balaban J connectivity index is 2.40. The van der Waals surface area contributed by atoms with Gasteiger partial charge in [-0.05, 0) is 73.2 Å². The quantitative estimate of drug-likeness (QED) is 0.220. The molecule has 0 fully saturated rings. The van der Waals surface area contributed by atoms with Gasteiger partial charge in [-0.1, -0.05) is 24.6 Å². The van der Waals surface area contributed by atoms with E-state index < -0.39 is 6.04 Å². The summed E-state index contributed by atoms with van der Waals surface area (Å²) in [5.74, 6) is -0.250. The molecule has 7 N–H and O–H groups in total. The van der Waals surface area contributed by atoms with Crippen LogP contribution in [-0.2, 0) is 17.6 Å². The fourth-order valence-electron chi connectivity index (χ4n) is 3.23. The van der Waals surface area contributed by atoms with Gasteiger partial charge in [-0.3, -0.25) is 4.79 Å². The Labute approximate surface area is 177 Å². The fourth-order valence-corrected chi connectivity index (χ4v) is 3.23. The number of hydrogen-bond acceptors (Lipinski definition) is 5. The molecule has 0 heterocycles. The van der Waals surface area contributed by atoms with Crippen molar-refractivity contribution in [3.63, 3.8) is 0 Å². The Morgan fingerprint density at radius 3 is 2.50 bits per heavy atom. The van der Waals surface area contributed by atoms with E-state index in [1.807, 2.05) is 6.07 Å². The van der Waals surface area contributed by atoms with E-state index in [9.17, 15) is 15.0 Å². The Kier molecular flexibility index (Phi) is 8.65. The van der Waals surface area contributed by atoms with Crippen molar-refractivity contribution < 1.29 is 15.0 Å². The standard InChI is InChI=1S/C24H31N3O3/c1-3-7-16-13-19(17-10-11-22(28)18(15-17)8-4-2)23(29)21(14-16)27-24(30)20(26)9-5-6-12-25/h3-4,10-11,13-15,20,28-29H,1-2,5-9,12,25-26H2,(H,27,30)/t20-/m1/s1. The predicted molar refractivity (Wildman–Crippen MR) is 123 cm³/mol. The van der Waals surface area contributed by atoms with Crippen molar-refractivity contribution in [1.82, 2.24) is 0 Å². The van der Waals surface area contributed by atoms with E-state index in [0.29, 0.717) is 42.6 Å². The van der Waals surface area contributed by atoms with E-state index in [1.165, 1.54) is 0 Å². The smallest absolute Gasteiger partial charge is 0.241 e. The third kappa shape index (κ3) is 5.95. The third-order valence-electron chi connectivity index (χ3n) is 4.87. The van der Waals surface area contributed by atoms with E-state index in [0.717, 1.165) is 24.0 Å². The van der Waals surface area contributed by atoms with Crippen molar-refractivity contribution in [2.75, 3.05) is 11.9 Å². The van der Waals surface area contributed by atoms with E-state index in [2.05, 4.69) is 18.5 Å². The number of amides is 1. The highest BCUT2D eigenvalue weighted by Crippen LogP contribution is 2.38. The zero-order valence-electron chi connectivity index (χ0n) is 17.2. The number of allylic oxidation sites excluding steroid dienone is 2. The molecule has 6 heteroatoms. The van der Waals surface area contributed by atoms with Crippen LogP contribution in [0.3, 0.4) is 0 Å². The lowest BCUT2D eigenvalue weighted by atomic mass is 9.96. The molecular weight excluding hydrogens is 378 g/mol. The summed E-state index contributed by atoms with van der Waals surface area (Å²) in [4.78, 5) is 12.5. The number of anilines is 1. The Hall–Kier alpha value is -3.09. The molecule has 0 radical (unpaired) electrons. The summed E-state index contributed by atoms with van der Waals surface area (Å²) >= 11 is 0. The van der Waals surface area contributed by atoms with Crippen LogP contribution in [0.25, 0.3) is 11.1 Å². The highest BCUT2D eigenvalue weighted by atomic mass is 16.3. The van der Waals surface area contributed by atoms with E-state index in [4.69, 9.17) is 11.5 Å². The minimum absolute atomic E-state index is 0.0550. The van der Waals surface area contributed by atoms with Gasteiger partial charge in [0, 0.05) is 5.56 Å². The van der Waals surface area contributed by atoms with Gasteiger partial charge in [0.2, 0.25) is 5.91 Å². The van der Waals surface area contributed by atoms with Gasteiger partial charge in [0.15, 0.2) is 0 Å². The van der Waals surface area contributed by atoms with Gasteiger partial charge in [0.1, 0.15) is 11.5 Å². The molecule has 2 aromatic rings. The summed E-state index contributed by atoms with van der Waals surface area (Å²) < 4.78 is 0. The molecule has 0 spiro atoms. The molecule has 2 aromatic carbocycles. The lowest BCUT2D eigenvalue weighted by molar-refractivity contribution is -0.117.